The number of aryl methyl sites for hydroxylation is 2. The molecule has 0 bridgehead atoms. The molecule has 1 heterocycles. The number of nitrogens with zero attached hydrogens (tertiary/aromatic N) is 2. The first-order chi connectivity index (χ1) is 13.3. The van der Waals surface area contributed by atoms with E-state index in [1.165, 1.54) is 17.8 Å². The molecule has 7 nitrogen and oxygen atoms in total. The number of amides is 2. The first kappa shape index (κ1) is 19.8. The van der Waals surface area contributed by atoms with Crippen molar-refractivity contribution < 1.29 is 9.59 Å². The highest BCUT2D eigenvalue weighted by molar-refractivity contribution is 9.10. The van der Waals surface area contributed by atoms with Crippen LogP contribution in [0, 0.1) is 6.92 Å². The number of aromatic nitrogens is 2. The van der Waals surface area contributed by atoms with Crippen molar-refractivity contribution in [1.82, 2.24) is 9.55 Å². The van der Waals surface area contributed by atoms with Crippen LogP contribution < -0.4 is 16.2 Å². The maximum absolute atomic E-state index is 12.6. The van der Waals surface area contributed by atoms with Gasteiger partial charge in [-0.05, 0) is 42.8 Å². The monoisotopic (exact) mass is 442 g/mol. The van der Waals surface area contributed by atoms with Gasteiger partial charge in [-0.25, -0.2) is 4.98 Å². The van der Waals surface area contributed by atoms with Crippen LogP contribution in [0.2, 0.25) is 0 Å². The van der Waals surface area contributed by atoms with Crippen molar-refractivity contribution >= 4 is 50.0 Å². The smallest absolute Gasteiger partial charge is 0.261 e. The number of halogens is 1. The Labute approximate surface area is 169 Å². The van der Waals surface area contributed by atoms with Gasteiger partial charge < -0.3 is 10.6 Å². The molecule has 0 aliphatic carbocycles. The molecule has 0 radical (unpaired) electrons. The lowest BCUT2D eigenvalue weighted by Crippen LogP contribution is -2.24. The summed E-state index contributed by atoms with van der Waals surface area (Å²) in [6, 6.07) is 10.7. The zero-order valence-corrected chi connectivity index (χ0v) is 17.0. The summed E-state index contributed by atoms with van der Waals surface area (Å²) < 4.78 is 2.21. The predicted molar refractivity (Wildman–Crippen MR) is 112 cm³/mol. The van der Waals surface area contributed by atoms with E-state index in [0.29, 0.717) is 22.3 Å². The predicted octanol–water partition coefficient (Wildman–Crippen LogP) is 3.45. The fourth-order valence-electron chi connectivity index (χ4n) is 2.79. The van der Waals surface area contributed by atoms with Gasteiger partial charge in [-0.15, -0.1) is 0 Å². The normalized spacial score (nSPS) is 10.7. The lowest BCUT2D eigenvalue weighted by Gasteiger charge is -2.13. The van der Waals surface area contributed by atoms with Crippen LogP contribution in [-0.4, -0.2) is 21.4 Å². The zero-order chi connectivity index (χ0) is 20.3. The maximum atomic E-state index is 12.6. The number of hydrogen-bond acceptors (Lipinski definition) is 4. The minimum atomic E-state index is -0.265. The van der Waals surface area contributed by atoms with Crippen LogP contribution >= 0.6 is 15.9 Å². The Morgan fingerprint density at radius 2 is 1.89 bits per heavy atom. The van der Waals surface area contributed by atoms with Crippen LogP contribution in [0.3, 0.4) is 0 Å². The number of carbonyl (C=O) groups is 2. The molecule has 0 unspecified atom stereocenters. The van der Waals surface area contributed by atoms with E-state index >= 15 is 0 Å². The van der Waals surface area contributed by atoms with Gasteiger partial charge in [-0.3, -0.25) is 19.0 Å². The molecular formula is C20H19BrN4O3. The second kappa shape index (κ2) is 8.35. The largest absolute Gasteiger partial charge is 0.325 e. The first-order valence-corrected chi connectivity index (χ1v) is 9.45. The summed E-state index contributed by atoms with van der Waals surface area (Å²) in [4.78, 5) is 40.6. The molecule has 0 spiro atoms. The average Bonchev–Trinajstić information content (AvgIpc) is 2.63. The Kier molecular flexibility index (Phi) is 5.89. The Bertz CT molecular complexity index is 1120. The number of fused-ring (bicyclic) bond motifs is 1. The summed E-state index contributed by atoms with van der Waals surface area (Å²) >= 11 is 3.35. The van der Waals surface area contributed by atoms with E-state index in [2.05, 4.69) is 31.5 Å². The summed E-state index contributed by atoms with van der Waals surface area (Å²) in [5, 5.41) is 5.98. The van der Waals surface area contributed by atoms with Gasteiger partial charge in [0, 0.05) is 24.4 Å². The second-order valence-electron chi connectivity index (χ2n) is 6.43. The molecular weight excluding hydrogens is 424 g/mol. The van der Waals surface area contributed by atoms with Crippen LogP contribution in [0.1, 0.15) is 18.9 Å². The van der Waals surface area contributed by atoms with Crippen molar-refractivity contribution in [3.8, 4) is 0 Å². The number of carbonyl (C=O) groups excluding carboxylic acids is 2. The van der Waals surface area contributed by atoms with E-state index in [1.54, 1.807) is 24.3 Å². The minimum Gasteiger partial charge on any atom is -0.325 e. The van der Waals surface area contributed by atoms with Gasteiger partial charge in [-0.1, -0.05) is 22.0 Å². The van der Waals surface area contributed by atoms with Crippen LogP contribution in [0.5, 0.6) is 0 Å². The van der Waals surface area contributed by atoms with Crippen molar-refractivity contribution in [2.75, 3.05) is 10.6 Å². The molecule has 2 aromatic carbocycles. The minimum absolute atomic E-state index is 0.0918. The maximum Gasteiger partial charge on any atom is 0.261 e. The van der Waals surface area contributed by atoms with Crippen LogP contribution in [-0.2, 0) is 16.1 Å². The standard InChI is InChI=1S/C20H19BrN4O3/c1-12-3-5-17(23-13(2)26)18(9-12)24-19(27)7-8-25-11-22-16-6-4-14(21)10-15(16)20(25)28/h3-6,9-11H,7-8H2,1-2H3,(H,23,26)(H,24,27). The first-order valence-electron chi connectivity index (χ1n) is 8.66. The molecule has 1 aromatic heterocycles. The third-order valence-electron chi connectivity index (χ3n) is 4.13. The van der Waals surface area contributed by atoms with E-state index in [9.17, 15) is 14.4 Å². The number of hydrogen-bond donors (Lipinski definition) is 2. The third-order valence-corrected chi connectivity index (χ3v) is 4.62. The second-order valence-corrected chi connectivity index (χ2v) is 7.35. The van der Waals surface area contributed by atoms with E-state index < -0.39 is 0 Å². The molecule has 2 amide bonds. The van der Waals surface area contributed by atoms with Crippen molar-refractivity contribution in [2.24, 2.45) is 0 Å². The highest BCUT2D eigenvalue weighted by Gasteiger charge is 2.10. The highest BCUT2D eigenvalue weighted by atomic mass is 79.9. The van der Waals surface area contributed by atoms with Crippen molar-refractivity contribution in [1.29, 1.82) is 0 Å². The van der Waals surface area contributed by atoms with Crippen LogP contribution in [0.15, 0.2) is 52.0 Å². The SMILES string of the molecule is CC(=O)Nc1ccc(C)cc1NC(=O)CCn1cnc2ccc(Br)cc2c1=O. The van der Waals surface area contributed by atoms with E-state index in [4.69, 9.17) is 0 Å². The van der Waals surface area contributed by atoms with Gasteiger partial charge in [0.1, 0.15) is 0 Å². The summed E-state index contributed by atoms with van der Waals surface area (Å²) in [7, 11) is 0. The Morgan fingerprint density at radius 1 is 1.11 bits per heavy atom. The molecule has 3 rings (SSSR count). The molecule has 0 atom stereocenters. The third kappa shape index (κ3) is 4.64. The topological polar surface area (TPSA) is 93.1 Å². The van der Waals surface area contributed by atoms with Crippen LogP contribution in [0.25, 0.3) is 10.9 Å². The molecule has 8 heteroatoms. The van der Waals surface area contributed by atoms with Gasteiger partial charge in [0.15, 0.2) is 0 Å². The molecule has 0 fully saturated rings. The van der Waals surface area contributed by atoms with Crippen LogP contribution in [0.4, 0.5) is 11.4 Å². The van der Waals surface area contributed by atoms with Crippen molar-refractivity contribution in [3.05, 3.63) is 63.1 Å². The Morgan fingerprint density at radius 3 is 2.64 bits per heavy atom. The zero-order valence-electron chi connectivity index (χ0n) is 15.5. The molecule has 0 saturated carbocycles. The number of benzene rings is 2. The van der Waals surface area contributed by atoms with Crippen molar-refractivity contribution in [3.63, 3.8) is 0 Å². The van der Waals surface area contributed by atoms with Gasteiger partial charge in [0.05, 0.1) is 28.6 Å². The molecule has 0 aliphatic heterocycles. The molecule has 144 valence electrons. The molecule has 28 heavy (non-hydrogen) atoms. The number of rotatable bonds is 5. The molecule has 3 aromatic rings. The molecule has 2 N–H and O–H groups in total. The number of anilines is 2. The van der Waals surface area contributed by atoms with Gasteiger partial charge in [0.25, 0.3) is 5.56 Å². The molecule has 0 aliphatic rings. The summed E-state index contributed by atoms with van der Waals surface area (Å²) in [6.07, 6.45) is 1.54. The van der Waals surface area contributed by atoms with E-state index in [-0.39, 0.29) is 30.3 Å². The summed E-state index contributed by atoms with van der Waals surface area (Å²) in [5.41, 5.74) is 2.40. The Hall–Kier alpha value is -3.00. The van der Waals surface area contributed by atoms with Gasteiger partial charge in [-0.2, -0.15) is 0 Å². The Balaban J connectivity index is 1.74. The quantitative estimate of drug-likeness (QED) is 0.632. The molecule has 0 saturated heterocycles. The fraction of sp³-hybridized carbons (Fsp3) is 0.200. The van der Waals surface area contributed by atoms with E-state index in [1.807, 2.05) is 19.1 Å². The summed E-state index contributed by atoms with van der Waals surface area (Å²) in [6.45, 7) is 3.50. The highest BCUT2D eigenvalue weighted by Crippen LogP contribution is 2.23. The fourth-order valence-corrected chi connectivity index (χ4v) is 3.15. The lowest BCUT2D eigenvalue weighted by atomic mass is 10.2. The lowest BCUT2D eigenvalue weighted by molar-refractivity contribution is -0.116. The van der Waals surface area contributed by atoms with Gasteiger partial charge in [0.2, 0.25) is 11.8 Å². The number of nitrogens with one attached hydrogen (secondary N) is 2. The summed E-state index contributed by atoms with van der Waals surface area (Å²) in [5.74, 6) is -0.488. The van der Waals surface area contributed by atoms with Gasteiger partial charge >= 0.3 is 0 Å². The van der Waals surface area contributed by atoms with Crippen molar-refractivity contribution in [2.45, 2.75) is 26.8 Å². The average molecular weight is 443 g/mol. The van der Waals surface area contributed by atoms with E-state index in [0.717, 1.165) is 10.0 Å².